The van der Waals surface area contributed by atoms with Crippen LogP contribution in [-0.4, -0.2) is 27.7 Å². The maximum absolute atomic E-state index is 9.49. The molecule has 1 atom stereocenters. The number of hydrogen-bond donors (Lipinski definition) is 2. The van der Waals surface area contributed by atoms with Crippen LogP contribution in [0.5, 0.6) is 5.75 Å². The van der Waals surface area contributed by atoms with Crippen LogP contribution in [0, 0.1) is 0 Å². The van der Waals surface area contributed by atoms with Gasteiger partial charge in [0, 0.05) is 30.0 Å². The van der Waals surface area contributed by atoms with Gasteiger partial charge >= 0.3 is 0 Å². The predicted octanol–water partition coefficient (Wildman–Crippen LogP) is 4.21. The van der Waals surface area contributed by atoms with Crippen molar-refractivity contribution in [3.8, 4) is 5.75 Å². The second-order valence-electron chi connectivity index (χ2n) is 5.58. The van der Waals surface area contributed by atoms with E-state index >= 15 is 0 Å². The minimum Gasteiger partial charge on any atom is -0.506 e. The van der Waals surface area contributed by atoms with Gasteiger partial charge in [0.25, 0.3) is 0 Å². The highest BCUT2D eigenvalue weighted by molar-refractivity contribution is 6.32. The summed E-state index contributed by atoms with van der Waals surface area (Å²) < 4.78 is 0. The molecule has 1 aromatic heterocycles. The Balaban J connectivity index is 1.90. The van der Waals surface area contributed by atoms with E-state index in [1.165, 1.54) is 6.07 Å². The zero-order chi connectivity index (χ0) is 16.4. The van der Waals surface area contributed by atoms with E-state index in [-0.39, 0.29) is 10.8 Å². The number of phenols is 1. The van der Waals surface area contributed by atoms with Gasteiger partial charge in [0.1, 0.15) is 11.6 Å². The molecule has 6 heteroatoms. The predicted molar refractivity (Wildman–Crippen MR) is 94.6 cm³/mol. The number of fused-ring (bicyclic) bond motifs is 1. The number of nitrogens with zero attached hydrogens (tertiary/aromatic N) is 3. The molecule has 0 spiro atoms. The third kappa shape index (κ3) is 3.24. The van der Waals surface area contributed by atoms with Crippen molar-refractivity contribution in [3.63, 3.8) is 0 Å². The van der Waals surface area contributed by atoms with Crippen LogP contribution in [0.1, 0.15) is 25.8 Å². The Bertz CT molecular complexity index is 747. The number of nitrogens with one attached hydrogen (secondary N) is 1. The molecule has 0 amide bonds. The van der Waals surface area contributed by atoms with Crippen molar-refractivity contribution >= 4 is 35.1 Å². The van der Waals surface area contributed by atoms with E-state index < -0.39 is 0 Å². The van der Waals surface area contributed by atoms with Gasteiger partial charge in [-0.25, -0.2) is 4.98 Å². The Morgan fingerprint density at radius 3 is 3.00 bits per heavy atom. The fourth-order valence-electron chi connectivity index (χ4n) is 2.49. The van der Waals surface area contributed by atoms with Crippen LogP contribution in [0.2, 0.25) is 5.02 Å². The summed E-state index contributed by atoms with van der Waals surface area (Å²) in [7, 11) is 0. The topological polar surface area (TPSA) is 61.3 Å². The Morgan fingerprint density at radius 2 is 2.26 bits per heavy atom. The largest absolute Gasteiger partial charge is 0.506 e. The molecule has 0 saturated heterocycles. The molecule has 1 aliphatic rings. The lowest BCUT2D eigenvalue weighted by Crippen LogP contribution is -2.35. The second kappa shape index (κ2) is 6.46. The van der Waals surface area contributed by atoms with Gasteiger partial charge in [-0.3, -0.25) is 0 Å². The molecular formula is C17H19ClN4O. The van der Waals surface area contributed by atoms with E-state index in [4.69, 9.17) is 11.6 Å². The fraction of sp³-hybridized carbons (Fsp3) is 0.294. The number of phenolic OH excluding ortho intramolecular Hbond substituents is 1. The summed E-state index contributed by atoms with van der Waals surface area (Å²) in [6, 6.07) is 5.32. The van der Waals surface area contributed by atoms with Crippen LogP contribution in [0.25, 0.3) is 6.08 Å². The summed E-state index contributed by atoms with van der Waals surface area (Å²) in [6.07, 6.45) is 7.05. The molecule has 0 saturated carbocycles. The zero-order valence-electron chi connectivity index (χ0n) is 13.1. The fourth-order valence-corrected chi connectivity index (χ4v) is 2.67. The van der Waals surface area contributed by atoms with Crippen molar-refractivity contribution in [2.45, 2.75) is 26.3 Å². The molecule has 1 aliphatic heterocycles. The molecule has 0 bridgehead atoms. The molecule has 2 aromatic rings. The van der Waals surface area contributed by atoms with Gasteiger partial charge < -0.3 is 15.3 Å². The van der Waals surface area contributed by atoms with E-state index in [1.54, 1.807) is 12.1 Å². The highest BCUT2D eigenvalue weighted by atomic mass is 35.5. The molecule has 23 heavy (non-hydrogen) atoms. The molecule has 0 fully saturated rings. The molecule has 1 aromatic carbocycles. The Kier molecular flexibility index (Phi) is 4.39. The molecule has 120 valence electrons. The van der Waals surface area contributed by atoms with E-state index in [2.05, 4.69) is 46.2 Å². The molecule has 0 radical (unpaired) electrons. The van der Waals surface area contributed by atoms with Gasteiger partial charge in [-0.15, -0.1) is 0 Å². The summed E-state index contributed by atoms with van der Waals surface area (Å²) in [5.41, 5.74) is 1.75. The molecule has 5 nitrogen and oxygen atoms in total. The van der Waals surface area contributed by atoms with Crippen molar-refractivity contribution in [2.75, 3.05) is 16.8 Å². The first kappa shape index (κ1) is 15.6. The van der Waals surface area contributed by atoms with Gasteiger partial charge in [-0.1, -0.05) is 30.7 Å². The van der Waals surface area contributed by atoms with Crippen LogP contribution in [0.3, 0.4) is 0 Å². The summed E-state index contributed by atoms with van der Waals surface area (Å²) >= 11 is 5.93. The van der Waals surface area contributed by atoms with Crippen LogP contribution in [0.4, 0.5) is 17.5 Å². The first-order chi connectivity index (χ1) is 11.1. The average Bonchev–Trinajstić information content (AvgIpc) is 2.57. The number of halogens is 1. The van der Waals surface area contributed by atoms with Crippen LogP contribution in [0.15, 0.2) is 30.5 Å². The lowest BCUT2D eigenvalue weighted by molar-refractivity contribution is 0.475. The first-order valence-electron chi connectivity index (χ1n) is 7.64. The van der Waals surface area contributed by atoms with Crippen molar-refractivity contribution in [2.24, 2.45) is 0 Å². The first-order valence-corrected chi connectivity index (χ1v) is 8.02. The zero-order valence-corrected chi connectivity index (χ0v) is 13.9. The molecule has 0 aliphatic carbocycles. The van der Waals surface area contributed by atoms with Crippen LogP contribution < -0.4 is 10.2 Å². The van der Waals surface area contributed by atoms with Gasteiger partial charge in [-0.2, -0.15) is 4.98 Å². The van der Waals surface area contributed by atoms with Gasteiger partial charge in [0.2, 0.25) is 5.95 Å². The third-order valence-corrected chi connectivity index (χ3v) is 4.30. The number of aromatic hydroxyl groups is 1. The number of benzene rings is 1. The molecular weight excluding hydrogens is 312 g/mol. The normalized spacial score (nSPS) is 14.5. The van der Waals surface area contributed by atoms with E-state index in [0.29, 0.717) is 12.0 Å². The number of rotatable bonds is 4. The highest BCUT2D eigenvalue weighted by Gasteiger charge is 2.20. The SMILES string of the molecule is CCC(C)N1CC=Cc2cnc(Nc3ccc(O)c(Cl)c3)nc21. The number of hydrogen-bond acceptors (Lipinski definition) is 5. The van der Waals surface area contributed by atoms with Gasteiger partial charge in [-0.05, 0) is 31.5 Å². The van der Waals surface area contributed by atoms with E-state index in [9.17, 15) is 5.11 Å². The number of anilines is 3. The maximum Gasteiger partial charge on any atom is 0.229 e. The van der Waals surface area contributed by atoms with Crippen molar-refractivity contribution < 1.29 is 5.11 Å². The minimum atomic E-state index is 0.0525. The van der Waals surface area contributed by atoms with E-state index in [0.717, 1.165) is 30.0 Å². The minimum absolute atomic E-state index is 0.0525. The summed E-state index contributed by atoms with van der Waals surface area (Å²) in [5, 5.41) is 12.9. The smallest absolute Gasteiger partial charge is 0.229 e. The van der Waals surface area contributed by atoms with Crippen molar-refractivity contribution in [1.29, 1.82) is 0 Å². The summed E-state index contributed by atoms with van der Waals surface area (Å²) in [4.78, 5) is 11.3. The quantitative estimate of drug-likeness (QED) is 0.822. The Hall–Kier alpha value is -2.27. The van der Waals surface area contributed by atoms with Crippen molar-refractivity contribution in [3.05, 3.63) is 41.1 Å². The maximum atomic E-state index is 9.49. The Morgan fingerprint density at radius 1 is 1.43 bits per heavy atom. The van der Waals surface area contributed by atoms with Crippen LogP contribution >= 0.6 is 11.6 Å². The number of aromatic nitrogens is 2. The monoisotopic (exact) mass is 330 g/mol. The van der Waals surface area contributed by atoms with Crippen molar-refractivity contribution in [1.82, 2.24) is 9.97 Å². The average molecular weight is 331 g/mol. The van der Waals surface area contributed by atoms with Crippen LogP contribution in [-0.2, 0) is 0 Å². The molecule has 1 unspecified atom stereocenters. The summed E-state index contributed by atoms with van der Waals surface area (Å²) in [6.45, 7) is 5.21. The lowest BCUT2D eigenvalue weighted by Gasteiger charge is -2.32. The second-order valence-corrected chi connectivity index (χ2v) is 5.98. The standard InChI is InChI=1S/C17H19ClN4O/c1-3-11(2)22-8-4-5-12-10-19-17(21-16(12)22)20-13-6-7-15(23)14(18)9-13/h4-7,9-11,23H,3,8H2,1-2H3,(H,19,20,21). The van der Waals surface area contributed by atoms with E-state index in [1.807, 2.05) is 6.20 Å². The molecule has 2 heterocycles. The third-order valence-electron chi connectivity index (χ3n) is 3.99. The van der Waals surface area contributed by atoms with Gasteiger partial charge in [0.05, 0.1) is 5.02 Å². The molecule has 3 rings (SSSR count). The lowest BCUT2D eigenvalue weighted by atomic mass is 10.1. The van der Waals surface area contributed by atoms with Gasteiger partial charge in [0.15, 0.2) is 0 Å². The highest BCUT2D eigenvalue weighted by Crippen LogP contribution is 2.29. The molecule has 2 N–H and O–H groups in total. The summed E-state index contributed by atoms with van der Waals surface area (Å²) in [5.74, 6) is 1.50. The Labute approximate surface area is 140 Å².